The quantitative estimate of drug-likeness (QED) is 0.486. The first-order chi connectivity index (χ1) is 4.74. The normalized spacial score (nSPS) is 33.2. The van der Waals surface area contributed by atoms with Crippen LogP contribution in [0.15, 0.2) is 24.3 Å². The molecular formula is C10H16. The molecule has 0 aromatic heterocycles. The lowest BCUT2D eigenvalue weighted by atomic mass is 9.83. The second-order valence-electron chi connectivity index (χ2n) is 3.32. The smallest absolute Gasteiger partial charge is 0.0196 e. The Morgan fingerprint density at radius 2 is 2.40 bits per heavy atom. The molecule has 0 saturated carbocycles. The Labute approximate surface area is 63.6 Å². The van der Waals surface area contributed by atoms with Crippen LogP contribution in [0.5, 0.6) is 0 Å². The van der Waals surface area contributed by atoms with E-state index in [0.29, 0.717) is 0 Å². The highest BCUT2D eigenvalue weighted by Gasteiger charge is 2.15. The third-order valence-corrected chi connectivity index (χ3v) is 2.51. The molecule has 0 saturated heterocycles. The van der Waals surface area contributed by atoms with E-state index in [1.807, 2.05) is 0 Å². The van der Waals surface area contributed by atoms with Crippen molar-refractivity contribution >= 4 is 0 Å². The van der Waals surface area contributed by atoms with Gasteiger partial charge in [-0.2, -0.15) is 0 Å². The standard InChI is InChI=1S/C10H16/c1-4-10-6-5-8(2)9(3)7-10/h4-5,9-10H,1,6-7H2,2-3H3. The van der Waals surface area contributed by atoms with E-state index in [-0.39, 0.29) is 0 Å². The van der Waals surface area contributed by atoms with Gasteiger partial charge in [0.1, 0.15) is 0 Å². The highest BCUT2D eigenvalue weighted by molar-refractivity contribution is 5.09. The first kappa shape index (κ1) is 7.59. The SMILES string of the molecule is C=CC1CC=C(C)C(C)C1. The van der Waals surface area contributed by atoms with Crippen molar-refractivity contribution in [2.45, 2.75) is 26.7 Å². The van der Waals surface area contributed by atoms with Gasteiger partial charge in [0.2, 0.25) is 0 Å². The fourth-order valence-electron chi connectivity index (χ4n) is 1.47. The minimum absolute atomic E-state index is 0.735. The van der Waals surface area contributed by atoms with Crippen LogP contribution >= 0.6 is 0 Å². The van der Waals surface area contributed by atoms with Crippen LogP contribution in [-0.2, 0) is 0 Å². The van der Waals surface area contributed by atoms with Crippen molar-refractivity contribution in [2.24, 2.45) is 11.8 Å². The molecule has 1 aliphatic rings. The Hall–Kier alpha value is -0.520. The molecular weight excluding hydrogens is 120 g/mol. The van der Waals surface area contributed by atoms with E-state index in [1.54, 1.807) is 5.57 Å². The number of allylic oxidation sites excluding steroid dienone is 3. The topological polar surface area (TPSA) is 0 Å². The summed E-state index contributed by atoms with van der Waals surface area (Å²) in [4.78, 5) is 0. The van der Waals surface area contributed by atoms with Crippen molar-refractivity contribution in [3.05, 3.63) is 24.3 Å². The fourth-order valence-corrected chi connectivity index (χ4v) is 1.47. The third kappa shape index (κ3) is 1.50. The van der Waals surface area contributed by atoms with Crippen molar-refractivity contribution < 1.29 is 0 Å². The Balaban J connectivity index is 2.59. The maximum Gasteiger partial charge on any atom is -0.0196 e. The van der Waals surface area contributed by atoms with E-state index in [9.17, 15) is 0 Å². The summed E-state index contributed by atoms with van der Waals surface area (Å²) in [6.07, 6.45) is 6.94. The van der Waals surface area contributed by atoms with E-state index >= 15 is 0 Å². The van der Waals surface area contributed by atoms with Gasteiger partial charge in [-0.15, -0.1) is 6.58 Å². The summed E-state index contributed by atoms with van der Waals surface area (Å²) >= 11 is 0. The highest BCUT2D eigenvalue weighted by Crippen LogP contribution is 2.28. The van der Waals surface area contributed by atoms with Gasteiger partial charge in [-0.3, -0.25) is 0 Å². The molecule has 0 aliphatic heterocycles. The van der Waals surface area contributed by atoms with Gasteiger partial charge in [-0.05, 0) is 31.6 Å². The molecule has 0 spiro atoms. The first-order valence-corrected chi connectivity index (χ1v) is 4.03. The molecule has 10 heavy (non-hydrogen) atoms. The maximum absolute atomic E-state index is 3.81. The maximum atomic E-state index is 3.81. The van der Waals surface area contributed by atoms with Gasteiger partial charge >= 0.3 is 0 Å². The summed E-state index contributed by atoms with van der Waals surface area (Å²) in [5.41, 5.74) is 1.55. The third-order valence-electron chi connectivity index (χ3n) is 2.51. The van der Waals surface area contributed by atoms with E-state index < -0.39 is 0 Å². The minimum atomic E-state index is 0.735. The number of rotatable bonds is 1. The van der Waals surface area contributed by atoms with Crippen molar-refractivity contribution in [1.82, 2.24) is 0 Å². The molecule has 0 fully saturated rings. The number of hydrogen-bond donors (Lipinski definition) is 0. The minimum Gasteiger partial charge on any atom is -0.103 e. The van der Waals surface area contributed by atoms with E-state index in [1.165, 1.54) is 12.8 Å². The summed E-state index contributed by atoms with van der Waals surface area (Å²) in [5, 5.41) is 0. The Morgan fingerprint density at radius 3 is 2.90 bits per heavy atom. The van der Waals surface area contributed by atoms with Crippen molar-refractivity contribution in [3.63, 3.8) is 0 Å². The predicted octanol–water partition coefficient (Wildman–Crippen LogP) is 3.16. The van der Waals surface area contributed by atoms with Crippen LogP contribution in [0.1, 0.15) is 26.7 Å². The summed E-state index contributed by atoms with van der Waals surface area (Å²) in [5.74, 6) is 1.51. The summed E-state index contributed by atoms with van der Waals surface area (Å²) < 4.78 is 0. The van der Waals surface area contributed by atoms with Gasteiger partial charge in [0, 0.05) is 0 Å². The molecule has 1 aliphatic carbocycles. The molecule has 0 heteroatoms. The van der Waals surface area contributed by atoms with Crippen LogP contribution in [0.3, 0.4) is 0 Å². The molecule has 2 atom stereocenters. The highest BCUT2D eigenvalue weighted by atomic mass is 14.2. The van der Waals surface area contributed by atoms with Crippen LogP contribution in [0.2, 0.25) is 0 Å². The van der Waals surface area contributed by atoms with Gasteiger partial charge in [0.25, 0.3) is 0 Å². The summed E-state index contributed by atoms with van der Waals surface area (Å²) in [7, 11) is 0. The zero-order chi connectivity index (χ0) is 7.56. The Morgan fingerprint density at radius 1 is 1.70 bits per heavy atom. The van der Waals surface area contributed by atoms with E-state index in [2.05, 4.69) is 32.6 Å². The van der Waals surface area contributed by atoms with Gasteiger partial charge in [0.15, 0.2) is 0 Å². The van der Waals surface area contributed by atoms with Crippen LogP contribution in [0.4, 0.5) is 0 Å². The molecule has 0 heterocycles. The molecule has 0 nitrogen and oxygen atoms in total. The lowest BCUT2D eigenvalue weighted by Crippen LogP contribution is -2.09. The van der Waals surface area contributed by atoms with Gasteiger partial charge in [-0.25, -0.2) is 0 Å². The zero-order valence-electron chi connectivity index (χ0n) is 6.93. The average Bonchev–Trinajstić information content (AvgIpc) is 1.95. The molecule has 1 rings (SSSR count). The molecule has 0 radical (unpaired) electrons. The van der Waals surface area contributed by atoms with Crippen molar-refractivity contribution in [2.75, 3.05) is 0 Å². The first-order valence-electron chi connectivity index (χ1n) is 4.03. The Bertz CT molecular complexity index is 153. The molecule has 0 aromatic rings. The fraction of sp³-hybridized carbons (Fsp3) is 0.600. The zero-order valence-corrected chi connectivity index (χ0v) is 6.93. The lowest BCUT2D eigenvalue weighted by Gasteiger charge is -2.23. The van der Waals surface area contributed by atoms with Gasteiger partial charge < -0.3 is 0 Å². The van der Waals surface area contributed by atoms with E-state index in [0.717, 1.165) is 11.8 Å². The van der Waals surface area contributed by atoms with Crippen LogP contribution in [-0.4, -0.2) is 0 Å². The Kier molecular flexibility index (Phi) is 2.31. The molecule has 56 valence electrons. The second-order valence-corrected chi connectivity index (χ2v) is 3.32. The summed E-state index contributed by atoms with van der Waals surface area (Å²) in [6, 6.07) is 0. The largest absolute Gasteiger partial charge is 0.103 e. The second kappa shape index (κ2) is 3.05. The molecule has 2 unspecified atom stereocenters. The molecule has 0 bridgehead atoms. The van der Waals surface area contributed by atoms with Crippen LogP contribution in [0, 0.1) is 11.8 Å². The van der Waals surface area contributed by atoms with Crippen molar-refractivity contribution in [1.29, 1.82) is 0 Å². The monoisotopic (exact) mass is 136 g/mol. The average molecular weight is 136 g/mol. The summed E-state index contributed by atoms with van der Waals surface area (Å²) in [6.45, 7) is 8.33. The van der Waals surface area contributed by atoms with Crippen molar-refractivity contribution in [3.8, 4) is 0 Å². The van der Waals surface area contributed by atoms with Crippen LogP contribution in [0.25, 0.3) is 0 Å². The molecule has 0 aromatic carbocycles. The number of hydrogen-bond acceptors (Lipinski definition) is 0. The van der Waals surface area contributed by atoms with Crippen LogP contribution < -0.4 is 0 Å². The van der Waals surface area contributed by atoms with E-state index in [4.69, 9.17) is 0 Å². The predicted molar refractivity (Wildman–Crippen MR) is 45.8 cm³/mol. The van der Waals surface area contributed by atoms with Gasteiger partial charge in [-0.1, -0.05) is 24.6 Å². The molecule has 0 N–H and O–H groups in total. The molecule has 0 amide bonds. The van der Waals surface area contributed by atoms with Gasteiger partial charge in [0.05, 0.1) is 0 Å². The lowest BCUT2D eigenvalue weighted by molar-refractivity contribution is 0.467.